The first-order valence-corrected chi connectivity index (χ1v) is 17.7. The van der Waals surface area contributed by atoms with Gasteiger partial charge in [0.2, 0.25) is 0 Å². The highest BCUT2D eigenvalue weighted by Crippen LogP contribution is 2.39. The van der Waals surface area contributed by atoms with Crippen LogP contribution in [0.4, 0.5) is 0 Å². The number of aromatic nitrogens is 3. The lowest BCUT2D eigenvalue weighted by Crippen LogP contribution is -2.02. The lowest BCUT2D eigenvalue weighted by atomic mass is 9.98. The van der Waals surface area contributed by atoms with Crippen molar-refractivity contribution >= 4 is 44.8 Å². The van der Waals surface area contributed by atoms with Crippen LogP contribution >= 0.6 is 11.8 Å². The number of thioether (sulfide) groups is 1. The molecule has 2 aromatic heterocycles. The maximum absolute atomic E-state index is 6.41. The minimum atomic E-state index is 0.580. The first-order chi connectivity index (χ1) is 24.7. The summed E-state index contributed by atoms with van der Waals surface area (Å²) in [6, 6.07) is 50.5. The van der Waals surface area contributed by atoms with Gasteiger partial charge >= 0.3 is 0 Å². The van der Waals surface area contributed by atoms with Crippen molar-refractivity contribution in [2.24, 2.45) is 0 Å². The molecule has 0 aliphatic carbocycles. The summed E-state index contributed by atoms with van der Waals surface area (Å²) in [6.45, 7) is 2.07. The van der Waals surface area contributed by atoms with Crippen molar-refractivity contribution in [2.45, 2.75) is 11.8 Å². The fourth-order valence-corrected chi connectivity index (χ4v) is 7.67. The number of hydrogen-bond donors (Lipinski definition) is 0. The number of allylic oxidation sites excluding steroid dienone is 3. The SMILES string of the molecule is C/C(=C\C=C1/CSc2ccccc21)c1nc(-c2ccc(-c3cccc(-c4ccccc4)c3)cc2)nc(-c2cccc3c2oc2ccccc23)n1. The van der Waals surface area contributed by atoms with Crippen molar-refractivity contribution in [1.29, 1.82) is 0 Å². The van der Waals surface area contributed by atoms with E-state index in [1.807, 2.05) is 48.2 Å². The molecular formula is C45H31N3OS. The standard InChI is InChI=1S/C45H31N3OS/c1-29(21-22-35-28-50-41-20-8-6-15-36(35)41)43-46-44(48-45(47-43)39-18-10-17-38-37-16-5-7-19-40(37)49-42(38)39)32-25-23-31(24-26-32)34-14-9-13-33(27-34)30-11-3-2-4-12-30/h2-27H,28H2,1H3/b29-21+,35-22+. The van der Waals surface area contributed by atoms with Crippen LogP contribution < -0.4 is 0 Å². The van der Waals surface area contributed by atoms with Gasteiger partial charge in [0.05, 0.1) is 5.56 Å². The van der Waals surface area contributed by atoms with E-state index in [-0.39, 0.29) is 0 Å². The Morgan fingerprint density at radius 2 is 1.22 bits per heavy atom. The normalized spacial score (nSPS) is 13.7. The lowest BCUT2D eigenvalue weighted by molar-refractivity contribution is 0.669. The highest BCUT2D eigenvalue weighted by Gasteiger charge is 2.18. The topological polar surface area (TPSA) is 51.8 Å². The third kappa shape index (κ3) is 5.62. The fourth-order valence-electron chi connectivity index (χ4n) is 6.57. The highest BCUT2D eigenvalue weighted by atomic mass is 32.2. The number of para-hydroxylation sites is 2. The first kappa shape index (κ1) is 30.1. The summed E-state index contributed by atoms with van der Waals surface area (Å²) in [5, 5.41) is 2.11. The van der Waals surface area contributed by atoms with Crippen molar-refractivity contribution in [2.75, 3.05) is 5.75 Å². The van der Waals surface area contributed by atoms with Crippen LogP contribution in [0.5, 0.6) is 0 Å². The zero-order chi connectivity index (χ0) is 33.4. The van der Waals surface area contributed by atoms with Gasteiger partial charge in [0.1, 0.15) is 11.2 Å². The van der Waals surface area contributed by atoms with Crippen LogP contribution in [-0.4, -0.2) is 20.7 Å². The Hall–Kier alpha value is -6.04. The average Bonchev–Trinajstić information content (AvgIpc) is 3.79. The van der Waals surface area contributed by atoms with Crippen LogP contribution in [-0.2, 0) is 0 Å². The van der Waals surface area contributed by atoms with Gasteiger partial charge < -0.3 is 4.42 Å². The number of furan rings is 1. The molecule has 0 bridgehead atoms. The molecule has 6 aromatic carbocycles. The van der Waals surface area contributed by atoms with Crippen LogP contribution in [0, 0.1) is 0 Å². The Bertz CT molecular complexity index is 2600. The second kappa shape index (κ2) is 12.8. The Balaban J connectivity index is 1.14. The van der Waals surface area contributed by atoms with E-state index in [0.717, 1.165) is 55.5 Å². The minimum absolute atomic E-state index is 0.580. The molecule has 238 valence electrons. The molecule has 0 N–H and O–H groups in total. The third-order valence-corrected chi connectivity index (χ3v) is 10.4. The van der Waals surface area contributed by atoms with E-state index in [4.69, 9.17) is 19.4 Å². The molecule has 0 unspecified atom stereocenters. The van der Waals surface area contributed by atoms with Crippen molar-refractivity contribution in [3.63, 3.8) is 0 Å². The lowest BCUT2D eigenvalue weighted by Gasteiger charge is -2.10. The Morgan fingerprint density at radius 1 is 0.580 bits per heavy atom. The maximum atomic E-state index is 6.41. The quantitative estimate of drug-likeness (QED) is 0.177. The molecule has 1 aliphatic rings. The van der Waals surface area contributed by atoms with Crippen LogP contribution in [0.25, 0.3) is 78.1 Å². The Morgan fingerprint density at radius 3 is 2.08 bits per heavy atom. The van der Waals surface area contributed by atoms with Gasteiger partial charge in [-0.1, -0.05) is 133 Å². The molecule has 0 saturated heterocycles. The summed E-state index contributed by atoms with van der Waals surface area (Å²) in [5.74, 6) is 2.78. The van der Waals surface area contributed by atoms with Crippen molar-refractivity contribution < 1.29 is 4.42 Å². The second-order valence-corrected chi connectivity index (χ2v) is 13.5. The van der Waals surface area contributed by atoms with Gasteiger partial charge in [-0.15, -0.1) is 11.8 Å². The average molecular weight is 662 g/mol. The smallest absolute Gasteiger partial charge is 0.167 e. The van der Waals surface area contributed by atoms with Gasteiger partial charge in [-0.2, -0.15) is 0 Å². The molecule has 0 fully saturated rings. The summed E-state index contributed by atoms with van der Waals surface area (Å²) < 4.78 is 6.41. The number of rotatable bonds is 6. The molecule has 9 rings (SSSR count). The van der Waals surface area contributed by atoms with E-state index in [1.165, 1.54) is 27.2 Å². The van der Waals surface area contributed by atoms with E-state index in [0.29, 0.717) is 17.5 Å². The van der Waals surface area contributed by atoms with Crippen molar-refractivity contribution in [3.05, 3.63) is 169 Å². The molecule has 0 saturated carbocycles. The zero-order valence-corrected chi connectivity index (χ0v) is 28.2. The molecule has 5 heteroatoms. The van der Waals surface area contributed by atoms with Gasteiger partial charge in [0.25, 0.3) is 0 Å². The maximum Gasteiger partial charge on any atom is 0.167 e. The minimum Gasteiger partial charge on any atom is -0.455 e. The first-order valence-electron chi connectivity index (χ1n) is 16.7. The van der Waals surface area contributed by atoms with Gasteiger partial charge in [0, 0.05) is 27.0 Å². The van der Waals surface area contributed by atoms with Crippen LogP contribution in [0.3, 0.4) is 0 Å². The van der Waals surface area contributed by atoms with Crippen LogP contribution in [0.15, 0.2) is 167 Å². The number of hydrogen-bond acceptors (Lipinski definition) is 5. The molecule has 4 nitrogen and oxygen atoms in total. The third-order valence-electron chi connectivity index (χ3n) is 9.23. The van der Waals surface area contributed by atoms with Gasteiger partial charge in [0.15, 0.2) is 17.5 Å². The van der Waals surface area contributed by atoms with Crippen molar-refractivity contribution in [3.8, 4) is 45.0 Å². The van der Waals surface area contributed by atoms with E-state index in [2.05, 4.69) is 128 Å². The van der Waals surface area contributed by atoms with E-state index >= 15 is 0 Å². The Kier molecular flexibility index (Phi) is 7.68. The van der Waals surface area contributed by atoms with Crippen LogP contribution in [0.1, 0.15) is 18.3 Å². The highest BCUT2D eigenvalue weighted by molar-refractivity contribution is 8.00. The molecule has 0 atom stereocenters. The number of fused-ring (bicyclic) bond motifs is 4. The predicted molar refractivity (Wildman–Crippen MR) is 208 cm³/mol. The molecule has 1 aliphatic heterocycles. The summed E-state index contributed by atoms with van der Waals surface area (Å²) in [4.78, 5) is 16.5. The largest absolute Gasteiger partial charge is 0.455 e. The van der Waals surface area contributed by atoms with Gasteiger partial charge in [-0.05, 0) is 70.2 Å². The van der Waals surface area contributed by atoms with E-state index < -0.39 is 0 Å². The van der Waals surface area contributed by atoms with E-state index in [1.54, 1.807) is 0 Å². The fraction of sp³-hybridized carbons (Fsp3) is 0.0444. The summed E-state index contributed by atoms with van der Waals surface area (Å²) in [6.07, 6.45) is 4.33. The van der Waals surface area contributed by atoms with E-state index in [9.17, 15) is 0 Å². The monoisotopic (exact) mass is 661 g/mol. The summed E-state index contributed by atoms with van der Waals surface area (Å²) >= 11 is 1.88. The summed E-state index contributed by atoms with van der Waals surface area (Å²) in [5.41, 5.74) is 11.6. The van der Waals surface area contributed by atoms with Gasteiger partial charge in [-0.3, -0.25) is 0 Å². The number of benzene rings is 6. The van der Waals surface area contributed by atoms with Gasteiger partial charge in [-0.25, -0.2) is 15.0 Å². The molecule has 50 heavy (non-hydrogen) atoms. The molecule has 0 amide bonds. The number of nitrogens with zero attached hydrogens (tertiary/aromatic N) is 3. The molecule has 8 aromatic rings. The second-order valence-electron chi connectivity index (χ2n) is 12.4. The molecule has 0 spiro atoms. The molecule has 0 radical (unpaired) electrons. The molecular weight excluding hydrogens is 631 g/mol. The van der Waals surface area contributed by atoms with Crippen LogP contribution in [0.2, 0.25) is 0 Å². The summed E-state index contributed by atoms with van der Waals surface area (Å²) in [7, 11) is 0. The predicted octanol–water partition coefficient (Wildman–Crippen LogP) is 12.0. The van der Waals surface area contributed by atoms with Crippen molar-refractivity contribution in [1.82, 2.24) is 15.0 Å². The zero-order valence-electron chi connectivity index (χ0n) is 27.4. The Labute approximate surface area is 294 Å². The molecule has 3 heterocycles.